The lowest BCUT2D eigenvalue weighted by molar-refractivity contribution is -0.137. The van der Waals surface area contributed by atoms with Crippen LogP contribution in [0.25, 0.3) is 11.1 Å². The van der Waals surface area contributed by atoms with E-state index in [1.54, 1.807) is 24.3 Å². The van der Waals surface area contributed by atoms with E-state index in [1.165, 1.54) is 21.5 Å². The van der Waals surface area contributed by atoms with Crippen LogP contribution in [0, 0.1) is 0 Å². The topological polar surface area (TPSA) is 53.5 Å². The molecule has 0 radical (unpaired) electrons. The van der Waals surface area contributed by atoms with Crippen molar-refractivity contribution in [3.8, 4) is 11.1 Å². The Kier molecular flexibility index (Phi) is 5.72. The maximum atomic E-state index is 13.3. The van der Waals surface area contributed by atoms with Crippen molar-refractivity contribution >= 4 is 15.8 Å². The van der Waals surface area contributed by atoms with Crippen LogP contribution in [0.4, 0.5) is 19.0 Å². The van der Waals surface area contributed by atoms with Gasteiger partial charge in [-0.1, -0.05) is 42.5 Å². The Morgan fingerprint density at radius 2 is 1.39 bits per heavy atom. The molecule has 0 atom stereocenters. The first-order chi connectivity index (χ1) is 14.8. The van der Waals surface area contributed by atoms with Crippen LogP contribution >= 0.6 is 0 Å². The molecule has 2 aromatic carbocycles. The molecule has 0 saturated carbocycles. The Morgan fingerprint density at radius 3 is 2.00 bits per heavy atom. The van der Waals surface area contributed by atoms with Crippen molar-refractivity contribution in [3.05, 3.63) is 78.5 Å². The summed E-state index contributed by atoms with van der Waals surface area (Å²) in [6, 6.07) is 18.5. The number of nitrogens with zero attached hydrogens (tertiary/aromatic N) is 3. The second kappa shape index (κ2) is 8.32. The molecule has 1 fully saturated rings. The Labute approximate surface area is 178 Å². The summed E-state index contributed by atoms with van der Waals surface area (Å²) in [5.74, 6) is -0.167. The average Bonchev–Trinajstić information content (AvgIpc) is 2.79. The maximum absolute atomic E-state index is 13.3. The van der Waals surface area contributed by atoms with E-state index in [-0.39, 0.29) is 36.9 Å². The number of aromatic nitrogens is 1. The van der Waals surface area contributed by atoms with Crippen LogP contribution in [-0.4, -0.2) is 43.9 Å². The number of benzene rings is 2. The lowest BCUT2D eigenvalue weighted by Gasteiger charge is -2.35. The molecule has 1 aromatic heterocycles. The highest BCUT2D eigenvalue weighted by molar-refractivity contribution is 7.89. The molecule has 0 aliphatic carbocycles. The van der Waals surface area contributed by atoms with Gasteiger partial charge in [0.1, 0.15) is 5.82 Å². The Hall–Kier alpha value is -2.91. The van der Waals surface area contributed by atoms with Gasteiger partial charge in [0, 0.05) is 32.4 Å². The molecular weight excluding hydrogens is 427 g/mol. The van der Waals surface area contributed by atoms with Crippen LogP contribution in [0.3, 0.4) is 0 Å². The number of piperazine rings is 1. The molecular formula is C22H20F3N3O2S. The van der Waals surface area contributed by atoms with E-state index < -0.39 is 21.8 Å². The largest absolute Gasteiger partial charge is 0.419 e. The van der Waals surface area contributed by atoms with Crippen LogP contribution in [0.15, 0.2) is 77.8 Å². The molecule has 5 nitrogen and oxygen atoms in total. The fraction of sp³-hybridized carbons (Fsp3) is 0.227. The van der Waals surface area contributed by atoms with Crippen molar-refractivity contribution in [3.63, 3.8) is 0 Å². The first-order valence-electron chi connectivity index (χ1n) is 9.69. The van der Waals surface area contributed by atoms with Crippen LogP contribution < -0.4 is 4.90 Å². The molecule has 4 rings (SSSR count). The van der Waals surface area contributed by atoms with Gasteiger partial charge in [0.15, 0.2) is 0 Å². The second-order valence-electron chi connectivity index (χ2n) is 7.15. The van der Waals surface area contributed by atoms with Crippen LogP contribution in [-0.2, 0) is 16.2 Å². The van der Waals surface area contributed by atoms with Gasteiger partial charge in [0.2, 0.25) is 10.0 Å². The molecule has 3 aromatic rings. The van der Waals surface area contributed by atoms with Crippen molar-refractivity contribution in [2.75, 3.05) is 31.1 Å². The van der Waals surface area contributed by atoms with Gasteiger partial charge in [0.25, 0.3) is 0 Å². The number of anilines is 1. The van der Waals surface area contributed by atoms with E-state index in [2.05, 4.69) is 4.98 Å². The molecule has 9 heteroatoms. The second-order valence-corrected chi connectivity index (χ2v) is 9.09. The SMILES string of the molecule is O=S(=O)(c1ccc(-c2ccccc2)cc1)N1CCN(c2ncccc2C(F)(F)F)CC1. The number of rotatable bonds is 4. The van der Waals surface area contributed by atoms with Crippen molar-refractivity contribution in [2.45, 2.75) is 11.1 Å². The minimum atomic E-state index is -4.52. The summed E-state index contributed by atoms with van der Waals surface area (Å²) in [5, 5.41) is 0. The quantitative estimate of drug-likeness (QED) is 0.599. The fourth-order valence-electron chi connectivity index (χ4n) is 3.61. The third-order valence-electron chi connectivity index (χ3n) is 5.23. The zero-order chi connectivity index (χ0) is 22.1. The van der Waals surface area contributed by atoms with E-state index in [1.807, 2.05) is 30.3 Å². The van der Waals surface area contributed by atoms with Crippen molar-refractivity contribution in [2.24, 2.45) is 0 Å². The summed E-state index contributed by atoms with van der Waals surface area (Å²) >= 11 is 0. The number of alkyl halides is 3. The number of pyridine rings is 1. The number of hydrogen-bond acceptors (Lipinski definition) is 4. The van der Waals surface area contributed by atoms with E-state index in [0.717, 1.165) is 17.2 Å². The molecule has 1 saturated heterocycles. The Bertz CT molecular complexity index is 1140. The van der Waals surface area contributed by atoms with Gasteiger partial charge in [-0.05, 0) is 35.4 Å². The van der Waals surface area contributed by atoms with Gasteiger partial charge < -0.3 is 4.90 Å². The van der Waals surface area contributed by atoms with Crippen LogP contribution in [0.1, 0.15) is 5.56 Å². The summed E-state index contributed by atoms with van der Waals surface area (Å²) in [7, 11) is -3.74. The van der Waals surface area contributed by atoms with E-state index in [0.29, 0.717) is 0 Å². The Balaban J connectivity index is 1.49. The van der Waals surface area contributed by atoms with Gasteiger partial charge in [-0.3, -0.25) is 0 Å². The molecule has 1 aliphatic heterocycles. The standard InChI is InChI=1S/C22H20F3N3O2S/c23-22(24,25)20-7-4-12-26-21(20)27-13-15-28(16-14-27)31(29,30)19-10-8-18(9-11-19)17-5-2-1-3-6-17/h1-12H,13-16H2. The summed E-state index contributed by atoms with van der Waals surface area (Å²) < 4.78 is 67.2. The molecule has 0 spiro atoms. The van der Waals surface area contributed by atoms with Crippen molar-refractivity contribution in [1.82, 2.24) is 9.29 Å². The summed E-state index contributed by atoms with van der Waals surface area (Å²) in [5.41, 5.74) is 1.07. The monoisotopic (exact) mass is 447 g/mol. The number of halogens is 3. The Morgan fingerprint density at radius 1 is 0.774 bits per heavy atom. The lowest BCUT2D eigenvalue weighted by Crippen LogP contribution is -2.49. The normalized spacial score (nSPS) is 15.8. The van der Waals surface area contributed by atoms with Crippen molar-refractivity contribution in [1.29, 1.82) is 0 Å². The van der Waals surface area contributed by atoms with Gasteiger partial charge in [-0.25, -0.2) is 13.4 Å². The van der Waals surface area contributed by atoms with Crippen LogP contribution in [0.5, 0.6) is 0 Å². The van der Waals surface area contributed by atoms with Gasteiger partial charge in [-0.2, -0.15) is 17.5 Å². The van der Waals surface area contributed by atoms with Crippen molar-refractivity contribution < 1.29 is 21.6 Å². The number of hydrogen-bond donors (Lipinski definition) is 0. The van der Waals surface area contributed by atoms with Gasteiger partial charge >= 0.3 is 6.18 Å². The number of sulfonamides is 1. The van der Waals surface area contributed by atoms with E-state index >= 15 is 0 Å². The predicted octanol–water partition coefficient (Wildman–Crippen LogP) is 4.28. The first-order valence-corrected chi connectivity index (χ1v) is 11.1. The molecule has 0 N–H and O–H groups in total. The third kappa shape index (κ3) is 4.42. The smallest absolute Gasteiger partial charge is 0.353 e. The zero-order valence-electron chi connectivity index (χ0n) is 16.5. The molecule has 1 aliphatic rings. The highest BCUT2D eigenvalue weighted by atomic mass is 32.2. The predicted molar refractivity (Wildman–Crippen MR) is 112 cm³/mol. The highest BCUT2D eigenvalue weighted by Gasteiger charge is 2.37. The molecule has 31 heavy (non-hydrogen) atoms. The van der Waals surface area contributed by atoms with E-state index in [4.69, 9.17) is 0 Å². The molecule has 0 amide bonds. The molecule has 2 heterocycles. The highest BCUT2D eigenvalue weighted by Crippen LogP contribution is 2.35. The molecule has 0 bridgehead atoms. The van der Waals surface area contributed by atoms with E-state index in [9.17, 15) is 21.6 Å². The first kappa shape index (κ1) is 21.3. The molecule has 162 valence electrons. The summed E-state index contributed by atoms with van der Waals surface area (Å²) in [4.78, 5) is 5.53. The summed E-state index contributed by atoms with van der Waals surface area (Å²) in [6.07, 6.45) is -3.21. The average molecular weight is 447 g/mol. The summed E-state index contributed by atoms with van der Waals surface area (Å²) in [6.45, 7) is 0.413. The van der Waals surface area contributed by atoms with Gasteiger partial charge in [0.05, 0.1) is 10.5 Å². The zero-order valence-corrected chi connectivity index (χ0v) is 17.3. The van der Waals surface area contributed by atoms with Gasteiger partial charge in [-0.15, -0.1) is 0 Å². The lowest BCUT2D eigenvalue weighted by atomic mass is 10.1. The fourth-order valence-corrected chi connectivity index (χ4v) is 5.03. The minimum absolute atomic E-state index is 0.0800. The van der Waals surface area contributed by atoms with Crippen LogP contribution in [0.2, 0.25) is 0 Å². The third-order valence-corrected chi connectivity index (χ3v) is 7.14. The maximum Gasteiger partial charge on any atom is 0.419 e. The minimum Gasteiger partial charge on any atom is -0.353 e. The molecule has 0 unspecified atom stereocenters.